The maximum Gasteiger partial charge on any atom is 0.220 e. The first kappa shape index (κ1) is 14.4. The lowest BCUT2D eigenvalue weighted by Gasteiger charge is -2.07. The Morgan fingerprint density at radius 2 is 2.47 bits per heavy atom. The summed E-state index contributed by atoms with van der Waals surface area (Å²) >= 11 is 1.59. The van der Waals surface area contributed by atoms with Crippen LogP contribution in [0.3, 0.4) is 0 Å². The Kier molecular flexibility index (Phi) is 5.30. The number of nitrogens with one attached hydrogen (secondary N) is 1. The van der Waals surface area contributed by atoms with Gasteiger partial charge in [-0.15, -0.1) is 11.3 Å². The molecule has 0 aliphatic carbocycles. The normalized spacial score (nSPS) is 18.7. The Morgan fingerprint density at radius 3 is 3.16 bits per heavy atom. The molecule has 0 radical (unpaired) electrons. The van der Waals surface area contributed by atoms with E-state index in [1.165, 1.54) is 0 Å². The lowest BCUT2D eigenvalue weighted by Crippen LogP contribution is -2.25. The summed E-state index contributed by atoms with van der Waals surface area (Å²) in [5.74, 6) is 0.475. The maximum absolute atomic E-state index is 11.8. The Balaban J connectivity index is 1.79. The van der Waals surface area contributed by atoms with Crippen LogP contribution in [0, 0.1) is 12.8 Å². The van der Waals surface area contributed by atoms with Crippen molar-refractivity contribution in [2.75, 3.05) is 20.3 Å². The molecular formula is C13H20N2O3S. The number of nitrogens with zero attached hydrogens (tertiary/aromatic N) is 1. The van der Waals surface area contributed by atoms with Crippen molar-refractivity contribution < 1.29 is 14.3 Å². The van der Waals surface area contributed by atoms with E-state index in [2.05, 4.69) is 10.3 Å². The minimum Gasteiger partial charge on any atom is -0.381 e. The second-order valence-corrected chi connectivity index (χ2v) is 5.93. The fraction of sp³-hybridized carbons (Fsp3) is 0.692. The van der Waals surface area contributed by atoms with Crippen LogP contribution in [0.2, 0.25) is 0 Å². The van der Waals surface area contributed by atoms with E-state index in [1.54, 1.807) is 18.4 Å². The SMILES string of the molecule is COCc1nc(C)c(CNC(=O)C[C@@H]2CCOC2)s1. The van der Waals surface area contributed by atoms with E-state index < -0.39 is 0 Å². The van der Waals surface area contributed by atoms with E-state index in [1.807, 2.05) is 6.92 Å². The number of methoxy groups -OCH3 is 1. The second-order valence-electron chi connectivity index (χ2n) is 4.76. The van der Waals surface area contributed by atoms with Gasteiger partial charge in [0.1, 0.15) is 5.01 Å². The Hall–Kier alpha value is -0.980. The van der Waals surface area contributed by atoms with Crippen LogP contribution in [-0.4, -0.2) is 31.2 Å². The molecule has 1 aromatic rings. The third-order valence-corrected chi connectivity index (χ3v) is 4.28. The van der Waals surface area contributed by atoms with Crippen LogP contribution in [0.1, 0.15) is 28.4 Å². The number of ether oxygens (including phenoxy) is 2. The number of carbonyl (C=O) groups excluding carboxylic acids is 1. The van der Waals surface area contributed by atoms with Crippen molar-refractivity contribution in [2.24, 2.45) is 5.92 Å². The van der Waals surface area contributed by atoms with E-state index in [0.29, 0.717) is 32.1 Å². The van der Waals surface area contributed by atoms with Gasteiger partial charge in [0.15, 0.2) is 0 Å². The molecule has 0 aromatic carbocycles. The summed E-state index contributed by atoms with van der Waals surface area (Å²) in [4.78, 5) is 17.3. The zero-order valence-electron chi connectivity index (χ0n) is 11.4. The Morgan fingerprint density at radius 1 is 1.63 bits per heavy atom. The first-order valence-electron chi connectivity index (χ1n) is 6.47. The summed E-state index contributed by atoms with van der Waals surface area (Å²) in [6.45, 7) is 4.54. The van der Waals surface area contributed by atoms with E-state index in [9.17, 15) is 4.79 Å². The van der Waals surface area contributed by atoms with Crippen molar-refractivity contribution >= 4 is 17.2 Å². The minimum atomic E-state index is 0.0941. The molecule has 1 aliphatic rings. The minimum absolute atomic E-state index is 0.0941. The number of thiazole rings is 1. The summed E-state index contributed by atoms with van der Waals surface area (Å²) in [6.07, 6.45) is 1.55. The fourth-order valence-electron chi connectivity index (χ4n) is 2.10. The molecule has 0 saturated carbocycles. The number of rotatable bonds is 6. The third kappa shape index (κ3) is 4.26. The molecular weight excluding hydrogens is 264 g/mol. The Labute approximate surface area is 117 Å². The molecule has 2 heterocycles. The lowest BCUT2D eigenvalue weighted by molar-refractivity contribution is -0.122. The topological polar surface area (TPSA) is 60.5 Å². The summed E-state index contributed by atoms with van der Waals surface area (Å²) < 4.78 is 10.3. The van der Waals surface area contributed by atoms with Crippen LogP contribution < -0.4 is 5.32 Å². The first-order chi connectivity index (χ1) is 9.19. The van der Waals surface area contributed by atoms with Gasteiger partial charge in [0.25, 0.3) is 0 Å². The highest BCUT2D eigenvalue weighted by atomic mass is 32.1. The van der Waals surface area contributed by atoms with E-state index in [-0.39, 0.29) is 5.91 Å². The average Bonchev–Trinajstić information content (AvgIpc) is 2.97. The van der Waals surface area contributed by atoms with Crippen molar-refractivity contribution in [1.82, 2.24) is 10.3 Å². The van der Waals surface area contributed by atoms with Crippen LogP contribution in [0.4, 0.5) is 0 Å². The summed E-state index contributed by atoms with van der Waals surface area (Å²) in [5.41, 5.74) is 0.974. The standard InChI is InChI=1S/C13H20N2O3S/c1-9-11(19-13(15-9)8-17-2)6-14-12(16)5-10-3-4-18-7-10/h10H,3-8H2,1-2H3,(H,14,16)/t10-/m0/s1. The molecule has 0 unspecified atom stereocenters. The summed E-state index contributed by atoms with van der Waals surface area (Å²) in [5, 5.41) is 3.91. The van der Waals surface area contributed by atoms with Gasteiger partial charge in [0, 0.05) is 31.6 Å². The molecule has 1 aliphatic heterocycles. The van der Waals surface area contributed by atoms with Gasteiger partial charge in [-0.1, -0.05) is 0 Å². The zero-order valence-corrected chi connectivity index (χ0v) is 12.2. The van der Waals surface area contributed by atoms with E-state index in [0.717, 1.165) is 28.6 Å². The first-order valence-corrected chi connectivity index (χ1v) is 7.29. The highest BCUT2D eigenvalue weighted by Crippen LogP contribution is 2.19. The fourth-order valence-corrected chi connectivity index (χ4v) is 3.08. The maximum atomic E-state index is 11.8. The van der Waals surface area contributed by atoms with Crippen LogP contribution in [0.5, 0.6) is 0 Å². The van der Waals surface area contributed by atoms with Crippen molar-refractivity contribution in [3.63, 3.8) is 0 Å². The molecule has 1 amide bonds. The monoisotopic (exact) mass is 284 g/mol. The molecule has 2 rings (SSSR count). The number of hydrogen-bond donors (Lipinski definition) is 1. The molecule has 1 fully saturated rings. The highest BCUT2D eigenvalue weighted by Gasteiger charge is 2.19. The molecule has 19 heavy (non-hydrogen) atoms. The summed E-state index contributed by atoms with van der Waals surface area (Å²) in [6, 6.07) is 0. The van der Waals surface area contributed by atoms with Crippen LogP contribution >= 0.6 is 11.3 Å². The van der Waals surface area contributed by atoms with Gasteiger partial charge in [-0.05, 0) is 19.3 Å². The van der Waals surface area contributed by atoms with Crippen molar-refractivity contribution in [2.45, 2.75) is 32.9 Å². The van der Waals surface area contributed by atoms with Gasteiger partial charge < -0.3 is 14.8 Å². The largest absolute Gasteiger partial charge is 0.381 e. The molecule has 1 aromatic heterocycles. The predicted molar refractivity (Wildman–Crippen MR) is 73.0 cm³/mol. The average molecular weight is 284 g/mol. The van der Waals surface area contributed by atoms with Crippen LogP contribution in [-0.2, 0) is 27.4 Å². The number of carbonyl (C=O) groups is 1. The van der Waals surface area contributed by atoms with Gasteiger partial charge in [0.05, 0.1) is 18.8 Å². The van der Waals surface area contributed by atoms with Crippen molar-refractivity contribution in [3.05, 3.63) is 15.6 Å². The van der Waals surface area contributed by atoms with Gasteiger partial charge in [-0.3, -0.25) is 4.79 Å². The zero-order chi connectivity index (χ0) is 13.7. The van der Waals surface area contributed by atoms with Crippen LogP contribution in [0.25, 0.3) is 0 Å². The van der Waals surface area contributed by atoms with E-state index in [4.69, 9.17) is 9.47 Å². The van der Waals surface area contributed by atoms with Gasteiger partial charge >= 0.3 is 0 Å². The highest BCUT2D eigenvalue weighted by molar-refractivity contribution is 7.11. The molecule has 5 nitrogen and oxygen atoms in total. The Bertz CT molecular complexity index is 428. The molecule has 6 heteroatoms. The number of amides is 1. The summed E-state index contributed by atoms with van der Waals surface area (Å²) in [7, 11) is 1.65. The smallest absolute Gasteiger partial charge is 0.220 e. The quantitative estimate of drug-likeness (QED) is 0.862. The molecule has 1 atom stereocenters. The number of aromatic nitrogens is 1. The van der Waals surface area contributed by atoms with Crippen molar-refractivity contribution in [3.8, 4) is 0 Å². The number of hydrogen-bond acceptors (Lipinski definition) is 5. The molecule has 1 saturated heterocycles. The molecule has 106 valence electrons. The third-order valence-electron chi connectivity index (χ3n) is 3.15. The second kappa shape index (κ2) is 6.98. The predicted octanol–water partition coefficient (Wildman–Crippen LogP) is 1.64. The van der Waals surface area contributed by atoms with Crippen molar-refractivity contribution in [1.29, 1.82) is 0 Å². The van der Waals surface area contributed by atoms with Gasteiger partial charge in [0.2, 0.25) is 5.91 Å². The lowest BCUT2D eigenvalue weighted by atomic mass is 10.1. The molecule has 0 spiro atoms. The molecule has 1 N–H and O–H groups in total. The van der Waals surface area contributed by atoms with E-state index >= 15 is 0 Å². The van der Waals surface area contributed by atoms with Gasteiger partial charge in [-0.2, -0.15) is 0 Å². The molecule has 0 bridgehead atoms. The number of aryl methyl sites for hydroxylation is 1. The van der Waals surface area contributed by atoms with Gasteiger partial charge in [-0.25, -0.2) is 4.98 Å². The van der Waals surface area contributed by atoms with Crippen LogP contribution in [0.15, 0.2) is 0 Å².